The maximum absolute atomic E-state index is 8.89. The Bertz CT molecular complexity index is 245. The maximum Gasteiger partial charge on any atom is 0.194 e. The van der Waals surface area contributed by atoms with E-state index >= 15 is 0 Å². The molecule has 0 saturated heterocycles. The molecule has 65 valence electrons. The molecule has 3 heteroatoms. The van der Waals surface area contributed by atoms with Crippen LogP contribution in [0.3, 0.4) is 0 Å². The molecule has 12 heavy (non-hydrogen) atoms. The van der Waals surface area contributed by atoms with Crippen molar-refractivity contribution in [3.8, 4) is 11.5 Å². The number of methoxy groups -OCH3 is 1. The Kier molecular flexibility index (Phi) is 2.94. The number of aliphatic hydroxyl groups is 1. The summed E-state index contributed by atoms with van der Waals surface area (Å²) in [5.74, 6) is 1.16. The third-order valence-electron chi connectivity index (χ3n) is 1.28. The van der Waals surface area contributed by atoms with Crippen molar-refractivity contribution in [2.24, 2.45) is 0 Å². The third-order valence-corrected chi connectivity index (χ3v) is 1.28. The van der Waals surface area contributed by atoms with Crippen LogP contribution in [0.5, 0.6) is 11.5 Å². The van der Waals surface area contributed by atoms with Crippen LogP contribution in [0, 0.1) is 6.07 Å². The molecule has 1 rings (SSSR count). The summed E-state index contributed by atoms with van der Waals surface area (Å²) in [5.41, 5.74) is 0. The summed E-state index contributed by atoms with van der Waals surface area (Å²) in [6.07, 6.45) is -0.826. The van der Waals surface area contributed by atoms with Crippen LogP contribution in [0.15, 0.2) is 18.2 Å². The molecular weight excluding hydrogens is 156 g/mol. The first kappa shape index (κ1) is 8.87. The highest BCUT2D eigenvalue weighted by atomic mass is 16.6. The first-order valence-corrected chi connectivity index (χ1v) is 3.63. The zero-order chi connectivity index (χ0) is 8.97. The Morgan fingerprint density at radius 2 is 2.33 bits per heavy atom. The average molecular weight is 167 g/mol. The van der Waals surface area contributed by atoms with E-state index in [1.165, 1.54) is 6.92 Å². The Morgan fingerprint density at radius 3 is 2.92 bits per heavy atom. The van der Waals surface area contributed by atoms with Gasteiger partial charge in [-0.1, -0.05) is 0 Å². The lowest BCUT2D eigenvalue weighted by atomic mass is 10.3. The van der Waals surface area contributed by atoms with E-state index in [1.807, 2.05) is 0 Å². The molecule has 0 amide bonds. The molecule has 0 bridgehead atoms. The predicted molar refractivity (Wildman–Crippen MR) is 44.1 cm³/mol. The van der Waals surface area contributed by atoms with Crippen LogP contribution in [0.4, 0.5) is 0 Å². The lowest BCUT2D eigenvalue weighted by Gasteiger charge is -2.08. The first-order chi connectivity index (χ1) is 5.72. The van der Waals surface area contributed by atoms with Gasteiger partial charge in [-0.25, -0.2) is 0 Å². The number of benzene rings is 1. The van der Waals surface area contributed by atoms with Crippen molar-refractivity contribution < 1.29 is 14.6 Å². The fourth-order valence-electron chi connectivity index (χ4n) is 0.804. The van der Waals surface area contributed by atoms with E-state index in [0.717, 1.165) is 0 Å². The van der Waals surface area contributed by atoms with E-state index in [9.17, 15) is 0 Å². The summed E-state index contributed by atoms with van der Waals surface area (Å²) in [4.78, 5) is 0. The van der Waals surface area contributed by atoms with Gasteiger partial charge in [-0.15, -0.1) is 0 Å². The molecule has 1 atom stereocenters. The van der Waals surface area contributed by atoms with Crippen molar-refractivity contribution in [1.29, 1.82) is 0 Å². The minimum atomic E-state index is -0.826. The molecule has 1 aromatic carbocycles. The van der Waals surface area contributed by atoms with Gasteiger partial charge >= 0.3 is 0 Å². The molecule has 0 aromatic heterocycles. The molecule has 0 aliphatic carbocycles. The monoisotopic (exact) mass is 167 g/mol. The van der Waals surface area contributed by atoms with Crippen LogP contribution in [-0.4, -0.2) is 18.5 Å². The van der Waals surface area contributed by atoms with E-state index in [0.29, 0.717) is 11.5 Å². The van der Waals surface area contributed by atoms with Crippen LogP contribution >= 0.6 is 0 Å². The van der Waals surface area contributed by atoms with E-state index in [4.69, 9.17) is 14.6 Å². The fourth-order valence-corrected chi connectivity index (χ4v) is 0.804. The van der Waals surface area contributed by atoms with Crippen molar-refractivity contribution in [2.45, 2.75) is 13.2 Å². The standard InChI is InChI=1S/C9H11O3/c1-7(10)12-9-5-3-4-8(6-9)11-2/h3-4,6-7,10H,1-2H3. The largest absolute Gasteiger partial charge is 0.497 e. The number of ether oxygens (including phenoxy) is 2. The van der Waals surface area contributed by atoms with Crippen LogP contribution in [-0.2, 0) is 0 Å². The molecule has 1 unspecified atom stereocenters. The van der Waals surface area contributed by atoms with Gasteiger partial charge in [-0.05, 0) is 19.1 Å². The molecule has 1 radical (unpaired) electrons. The van der Waals surface area contributed by atoms with Gasteiger partial charge in [0.05, 0.1) is 7.11 Å². The Labute approximate surface area is 71.5 Å². The van der Waals surface area contributed by atoms with Crippen molar-refractivity contribution in [2.75, 3.05) is 7.11 Å². The van der Waals surface area contributed by atoms with Crippen LogP contribution in [0.2, 0.25) is 0 Å². The lowest BCUT2D eigenvalue weighted by molar-refractivity contribution is -0.000604. The van der Waals surface area contributed by atoms with E-state index in [2.05, 4.69) is 6.07 Å². The quantitative estimate of drug-likeness (QED) is 0.688. The van der Waals surface area contributed by atoms with Gasteiger partial charge in [0.1, 0.15) is 11.5 Å². The molecule has 0 aliphatic heterocycles. The number of rotatable bonds is 3. The summed E-state index contributed by atoms with van der Waals surface area (Å²) in [6, 6.07) is 7.91. The molecular formula is C9H11O3. The highest BCUT2D eigenvalue weighted by molar-refractivity contribution is 5.31. The highest BCUT2D eigenvalue weighted by Gasteiger charge is 1.99. The minimum absolute atomic E-state index is 0.476. The topological polar surface area (TPSA) is 38.7 Å². The van der Waals surface area contributed by atoms with Crippen molar-refractivity contribution in [3.63, 3.8) is 0 Å². The van der Waals surface area contributed by atoms with Gasteiger partial charge in [0, 0.05) is 12.1 Å². The molecule has 0 aliphatic rings. The molecule has 0 fully saturated rings. The summed E-state index contributed by atoms with van der Waals surface area (Å²) in [7, 11) is 1.57. The number of aliphatic hydroxyl groups excluding tert-OH is 1. The Morgan fingerprint density at radius 1 is 1.58 bits per heavy atom. The van der Waals surface area contributed by atoms with Gasteiger partial charge < -0.3 is 14.6 Å². The van der Waals surface area contributed by atoms with Crippen LogP contribution in [0.1, 0.15) is 6.92 Å². The van der Waals surface area contributed by atoms with Gasteiger partial charge in [-0.3, -0.25) is 0 Å². The second kappa shape index (κ2) is 3.97. The fraction of sp³-hybridized carbons (Fsp3) is 0.333. The molecule has 0 spiro atoms. The summed E-state index contributed by atoms with van der Waals surface area (Å²) in [5, 5.41) is 8.89. The smallest absolute Gasteiger partial charge is 0.194 e. The van der Waals surface area contributed by atoms with E-state index in [1.54, 1.807) is 25.3 Å². The molecule has 1 aromatic rings. The second-order valence-electron chi connectivity index (χ2n) is 2.31. The van der Waals surface area contributed by atoms with Crippen molar-refractivity contribution >= 4 is 0 Å². The highest BCUT2D eigenvalue weighted by Crippen LogP contribution is 2.18. The van der Waals surface area contributed by atoms with Gasteiger partial charge in [0.15, 0.2) is 6.29 Å². The average Bonchev–Trinajstić information content (AvgIpc) is 2.03. The third kappa shape index (κ3) is 2.43. The first-order valence-electron chi connectivity index (χ1n) is 3.63. The lowest BCUT2D eigenvalue weighted by Crippen LogP contribution is -2.09. The van der Waals surface area contributed by atoms with Gasteiger partial charge in [-0.2, -0.15) is 0 Å². The second-order valence-corrected chi connectivity index (χ2v) is 2.31. The van der Waals surface area contributed by atoms with Crippen LogP contribution in [0.25, 0.3) is 0 Å². The SMILES string of the molecule is COc1cc[c]c(OC(C)O)c1. The van der Waals surface area contributed by atoms with Crippen molar-refractivity contribution in [3.05, 3.63) is 24.3 Å². The van der Waals surface area contributed by atoms with Crippen molar-refractivity contribution in [1.82, 2.24) is 0 Å². The summed E-state index contributed by atoms with van der Waals surface area (Å²) >= 11 is 0. The zero-order valence-electron chi connectivity index (χ0n) is 7.07. The van der Waals surface area contributed by atoms with E-state index in [-0.39, 0.29) is 0 Å². The van der Waals surface area contributed by atoms with E-state index < -0.39 is 6.29 Å². The maximum atomic E-state index is 8.89. The minimum Gasteiger partial charge on any atom is -0.497 e. The van der Waals surface area contributed by atoms with Crippen LogP contribution < -0.4 is 9.47 Å². The molecule has 1 N–H and O–H groups in total. The molecule has 0 heterocycles. The normalized spacial score (nSPS) is 12.2. The summed E-state index contributed by atoms with van der Waals surface area (Å²) in [6.45, 7) is 1.54. The summed E-state index contributed by atoms with van der Waals surface area (Å²) < 4.78 is 9.93. The molecule has 0 saturated carbocycles. The number of hydrogen-bond donors (Lipinski definition) is 1. The number of hydrogen-bond acceptors (Lipinski definition) is 3. The Hall–Kier alpha value is -1.22. The van der Waals surface area contributed by atoms with Gasteiger partial charge in [0.2, 0.25) is 0 Å². The van der Waals surface area contributed by atoms with Gasteiger partial charge in [0.25, 0.3) is 0 Å². The predicted octanol–water partition coefficient (Wildman–Crippen LogP) is 1.21. The Balaban J connectivity index is 2.72. The zero-order valence-corrected chi connectivity index (χ0v) is 7.07. The molecule has 3 nitrogen and oxygen atoms in total.